The van der Waals surface area contributed by atoms with Crippen molar-refractivity contribution in [1.29, 1.82) is 0 Å². The van der Waals surface area contributed by atoms with Crippen LogP contribution in [0.25, 0.3) is 0 Å². The summed E-state index contributed by atoms with van der Waals surface area (Å²) in [6.07, 6.45) is 0.109. The van der Waals surface area contributed by atoms with Crippen molar-refractivity contribution in [3.8, 4) is 0 Å². The fourth-order valence-corrected chi connectivity index (χ4v) is 1.87. The number of ether oxygens (including phenoxy) is 1. The van der Waals surface area contributed by atoms with Crippen LogP contribution in [0.3, 0.4) is 0 Å². The lowest BCUT2D eigenvalue weighted by Gasteiger charge is -2.19. The molecule has 0 saturated heterocycles. The van der Waals surface area contributed by atoms with Crippen LogP contribution in [0.5, 0.6) is 0 Å². The van der Waals surface area contributed by atoms with Crippen LogP contribution in [0.2, 0.25) is 0 Å². The van der Waals surface area contributed by atoms with Crippen LogP contribution in [0, 0.1) is 12.8 Å². The molecule has 17 heavy (non-hydrogen) atoms. The first-order valence-electron chi connectivity index (χ1n) is 5.74. The van der Waals surface area contributed by atoms with Crippen LogP contribution in [0.15, 0.2) is 4.79 Å². The van der Waals surface area contributed by atoms with E-state index < -0.39 is 0 Å². The molecule has 0 aliphatic rings. The summed E-state index contributed by atoms with van der Waals surface area (Å²) in [6, 6.07) is 0. The number of hydrogen-bond acceptors (Lipinski definition) is 4. The van der Waals surface area contributed by atoms with Gasteiger partial charge in [0.2, 0.25) is 0 Å². The van der Waals surface area contributed by atoms with Crippen molar-refractivity contribution < 1.29 is 9.84 Å². The lowest BCUT2D eigenvalue weighted by Crippen LogP contribution is -2.23. The topological polar surface area (TPSA) is 75.2 Å². The minimum atomic E-state index is -0.218. The Hall–Kier alpha value is -1.20. The summed E-state index contributed by atoms with van der Waals surface area (Å²) >= 11 is 0. The molecule has 0 saturated carbocycles. The van der Waals surface area contributed by atoms with E-state index in [-0.39, 0.29) is 24.2 Å². The second kappa shape index (κ2) is 5.93. The number of rotatable bonds is 5. The molecule has 5 heteroatoms. The van der Waals surface area contributed by atoms with Crippen LogP contribution in [-0.2, 0) is 11.2 Å². The SMILES string of the molecule is COC(c1nc(C)c(CCO)c(=O)[nH]1)C(C)C. The normalized spacial score (nSPS) is 13.1. The van der Waals surface area contributed by atoms with Crippen LogP contribution in [0.1, 0.15) is 37.0 Å². The molecule has 0 aromatic carbocycles. The highest BCUT2D eigenvalue weighted by molar-refractivity contribution is 5.17. The molecule has 0 fully saturated rings. The number of aliphatic hydroxyl groups is 1. The molecule has 1 aromatic heterocycles. The van der Waals surface area contributed by atoms with Crippen molar-refractivity contribution in [2.75, 3.05) is 13.7 Å². The largest absolute Gasteiger partial charge is 0.396 e. The maximum Gasteiger partial charge on any atom is 0.254 e. The quantitative estimate of drug-likeness (QED) is 0.803. The molecule has 0 radical (unpaired) electrons. The average Bonchev–Trinajstić information content (AvgIpc) is 2.24. The first-order chi connectivity index (χ1) is 8.01. The summed E-state index contributed by atoms with van der Waals surface area (Å²) in [7, 11) is 1.60. The van der Waals surface area contributed by atoms with E-state index in [4.69, 9.17) is 9.84 Å². The van der Waals surface area contributed by atoms with Crippen LogP contribution >= 0.6 is 0 Å². The number of hydrogen-bond donors (Lipinski definition) is 2. The molecule has 2 N–H and O–H groups in total. The highest BCUT2D eigenvalue weighted by Gasteiger charge is 2.19. The molecule has 96 valence electrons. The zero-order chi connectivity index (χ0) is 13.0. The number of methoxy groups -OCH3 is 1. The fraction of sp³-hybridized carbons (Fsp3) is 0.667. The summed E-state index contributed by atoms with van der Waals surface area (Å²) in [6.45, 7) is 5.73. The van der Waals surface area contributed by atoms with Crippen molar-refractivity contribution in [2.24, 2.45) is 5.92 Å². The van der Waals surface area contributed by atoms with Gasteiger partial charge in [-0.1, -0.05) is 13.8 Å². The van der Waals surface area contributed by atoms with E-state index in [0.29, 0.717) is 23.5 Å². The van der Waals surface area contributed by atoms with E-state index in [1.165, 1.54) is 0 Å². The zero-order valence-electron chi connectivity index (χ0n) is 10.8. The number of aromatic nitrogens is 2. The number of aromatic amines is 1. The van der Waals surface area contributed by atoms with Gasteiger partial charge in [0.1, 0.15) is 11.9 Å². The lowest BCUT2D eigenvalue weighted by molar-refractivity contribution is 0.0570. The van der Waals surface area contributed by atoms with Gasteiger partial charge in [0, 0.05) is 31.4 Å². The third-order valence-corrected chi connectivity index (χ3v) is 2.73. The molecule has 0 spiro atoms. The van der Waals surface area contributed by atoms with Gasteiger partial charge >= 0.3 is 0 Å². The Balaban J connectivity index is 3.17. The van der Waals surface area contributed by atoms with Gasteiger partial charge in [0.15, 0.2) is 0 Å². The first kappa shape index (κ1) is 13.9. The van der Waals surface area contributed by atoms with E-state index in [2.05, 4.69) is 9.97 Å². The van der Waals surface area contributed by atoms with E-state index in [9.17, 15) is 4.79 Å². The molecule has 0 bridgehead atoms. The minimum Gasteiger partial charge on any atom is -0.396 e. The van der Waals surface area contributed by atoms with Crippen molar-refractivity contribution in [1.82, 2.24) is 9.97 Å². The lowest BCUT2D eigenvalue weighted by atomic mass is 10.1. The van der Waals surface area contributed by atoms with E-state index in [0.717, 1.165) is 0 Å². The van der Waals surface area contributed by atoms with Gasteiger partial charge in [0.05, 0.1) is 0 Å². The number of nitrogens with one attached hydrogen (secondary N) is 1. The molecule has 1 atom stereocenters. The fourth-order valence-electron chi connectivity index (χ4n) is 1.87. The molecule has 1 heterocycles. The molecule has 0 aliphatic heterocycles. The molecule has 0 aliphatic carbocycles. The Morgan fingerprint density at radius 3 is 2.53 bits per heavy atom. The van der Waals surface area contributed by atoms with E-state index >= 15 is 0 Å². The van der Waals surface area contributed by atoms with E-state index in [1.54, 1.807) is 14.0 Å². The van der Waals surface area contributed by atoms with Crippen molar-refractivity contribution in [2.45, 2.75) is 33.3 Å². The van der Waals surface area contributed by atoms with Gasteiger partial charge in [-0.3, -0.25) is 4.79 Å². The number of H-pyrrole nitrogens is 1. The molecule has 5 nitrogen and oxygen atoms in total. The smallest absolute Gasteiger partial charge is 0.254 e. The average molecular weight is 240 g/mol. The van der Waals surface area contributed by atoms with Crippen molar-refractivity contribution in [3.05, 3.63) is 27.4 Å². The van der Waals surface area contributed by atoms with Crippen molar-refractivity contribution >= 4 is 0 Å². The van der Waals surface area contributed by atoms with Crippen molar-refractivity contribution in [3.63, 3.8) is 0 Å². The monoisotopic (exact) mass is 240 g/mol. The summed E-state index contributed by atoms with van der Waals surface area (Å²) < 4.78 is 5.33. The predicted octanol–water partition coefficient (Wildman–Crippen LogP) is 0.957. The van der Waals surface area contributed by atoms with Gasteiger partial charge < -0.3 is 14.8 Å². The predicted molar refractivity (Wildman–Crippen MR) is 65.0 cm³/mol. The summed E-state index contributed by atoms with van der Waals surface area (Å²) in [4.78, 5) is 18.9. The Morgan fingerprint density at radius 2 is 2.12 bits per heavy atom. The number of aryl methyl sites for hydroxylation is 1. The van der Waals surface area contributed by atoms with Gasteiger partial charge in [-0.2, -0.15) is 0 Å². The number of aliphatic hydroxyl groups excluding tert-OH is 1. The molecule has 0 amide bonds. The number of nitrogens with zero attached hydrogens (tertiary/aromatic N) is 1. The van der Waals surface area contributed by atoms with Gasteiger partial charge in [-0.15, -0.1) is 0 Å². The first-order valence-corrected chi connectivity index (χ1v) is 5.74. The Kier molecular flexibility index (Phi) is 4.84. The minimum absolute atomic E-state index is 0.0527. The standard InChI is InChI=1S/C12H20N2O3/c1-7(2)10(17-4)11-13-8(3)9(5-6-15)12(16)14-11/h7,10,15H,5-6H2,1-4H3,(H,13,14,16). The zero-order valence-corrected chi connectivity index (χ0v) is 10.8. The van der Waals surface area contributed by atoms with Crippen LogP contribution < -0.4 is 5.56 Å². The van der Waals surface area contributed by atoms with Gasteiger partial charge in [-0.05, 0) is 12.8 Å². The Labute approximate surface area is 101 Å². The van der Waals surface area contributed by atoms with Gasteiger partial charge in [-0.25, -0.2) is 4.98 Å². The summed E-state index contributed by atoms with van der Waals surface area (Å²) in [5.74, 6) is 0.776. The summed E-state index contributed by atoms with van der Waals surface area (Å²) in [5, 5.41) is 8.88. The third kappa shape index (κ3) is 3.14. The highest BCUT2D eigenvalue weighted by Crippen LogP contribution is 2.21. The molecule has 1 rings (SSSR count). The molecule has 1 aromatic rings. The third-order valence-electron chi connectivity index (χ3n) is 2.73. The molecule has 1 unspecified atom stereocenters. The van der Waals surface area contributed by atoms with E-state index in [1.807, 2.05) is 13.8 Å². The maximum atomic E-state index is 11.8. The van der Waals surface area contributed by atoms with Gasteiger partial charge in [0.25, 0.3) is 5.56 Å². The Bertz CT molecular complexity index is 426. The van der Waals surface area contributed by atoms with Crippen LogP contribution in [0.4, 0.5) is 0 Å². The molecular weight excluding hydrogens is 220 g/mol. The second-order valence-electron chi connectivity index (χ2n) is 4.39. The highest BCUT2D eigenvalue weighted by atomic mass is 16.5. The maximum absolute atomic E-state index is 11.8. The van der Waals surface area contributed by atoms with Crippen LogP contribution in [-0.4, -0.2) is 28.8 Å². The Morgan fingerprint density at radius 1 is 1.47 bits per heavy atom. The summed E-state index contributed by atoms with van der Waals surface area (Å²) in [5.41, 5.74) is 1.000. The second-order valence-corrected chi connectivity index (χ2v) is 4.39. The molecular formula is C12H20N2O3.